The smallest absolute Gasteiger partial charge is 0.216 e. The van der Waals surface area contributed by atoms with E-state index >= 15 is 0 Å². The van der Waals surface area contributed by atoms with E-state index in [1.807, 2.05) is 25.7 Å². The van der Waals surface area contributed by atoms with Crippen LogP contribution in [0.15, 0.2) is 0 Å². The first-order chi connectivity index (χ1) is 7.42. The molecule has 0 bridgehead atoms. The lowest BCUT2D eigenvalue weighted by atomic mass is 9.94. The molecule has 0 amide bonds. The van der Waals surface area contributed by atoms with Gasteiger partial charge in [-0.25, -0.2) is 0 Å². The topological polar surface area (TPSA) is 52.9 Å². The fraction of sp³-hybridized carbons (Fsp3) is 1.00. The summed E-state index contributed by atoms with van der Waals surface area (Å²) >= 11 is 0. The minimum absolute atomic E-state index is 0.270. The van der Waals surface area contributed by atoms with Crippen LogP contribution in [-0.2, 0) is 4.74 Å². The van der Waals surface area contributed by atoms with Crippen molar-refractivity contribution in [2.75, 3.05) is 19.7 Å². The van der Waals surface area contributed by atoms with E-state index in [1.54, 1.807) is 0 Å². The van der Waals surface area contributed by atoms with E-state index < -0.39 is 6.41 Å². The zero-order valence-corrected chi connectivity index (χ0v) is 10.6. The molecule has 1 fully saturated rings. The molecule has 1 aliphatic heterocycles. The minimum atomic E-state index is -0.796. The highest BCUT2D eigenvalue weighted by atomic mass is 16.6. The van der Waals surface area contributed by atoms with Gasteiger partial charge in [0.25, 0.3) is 0 Å². The molecular formula is C12H25NO3. The Kier molecular flexibility index (Phi) is 5.18. The Hall–Kier alpha value is -0.160. The molecule has 0 aromatic rings. The fourth-order valence-corrected chi connectivity index (χ4v) is 2.04. The van der Waals surface area contributed by atoms with Crippen LogP contribution in [0.1, 0.15) is 40.0 Å². The number of hydrogen-bond donors (Lipinski definition) is 2. The van der Waals surface area contributed by atoms with Crippen LogP contribution < -0.4 is 0 Å². The van der Waals surface area contributed by atoms with Crippen LogP contribution in [-0.4, -0.2) is 46.8 Å². The van der Waals surface area contributed by atoms with Gasteiger partial charge in [-0.3, -0.25) is 4.90 Å². The number of aliphatic hydroxyl groups excluding tert-OH is 2. The van der Waals surface area contributed by atoms with E-state index in [9.17, 15) is 5.11 Å². The maximum Gasteiger partial charge on any atom is 0.216 e. The van der Waals surface area contributed by atoms with Crippen LogP contribution in [0.25, 0.3) is 0 Å². The van der Waals surface area contributed by atoms with Crippen molar-refractivity contribution >= 4 is 0 Å². The number of piperidine rings is 1. The molecule has 2 N–H and O–H groups in total. The van der Waals surface area contributed by atoms with Crippen molar-refractivity contribution in [3.8, 4) is 0 Å². The summed E-state index contributed by atoms with van der Waals surface area (Å²) < 4.78 is 5.50. The standard InChI is InChI=1S/C12H25NO3/c1-12(2,3)16-11(15)13-7-4-10(5-8-13)6-9-14/h10-11,14-15H,4-9H2,1-3H3. The summed E-state index contributed by atoms with van der Waals surface area (Å²) in [5.74, 6) is 0.600. The molecule has 1 aliphatic rings. The van der Waals surface area contributed by atoms with Gasteiger partial charge < -0.3 is 14.9 Å². The Morgan fingerprint density at radius 3 is 2.31 bits per heavy atom. The summed E-state index contributed by atoms with van der Waals surface area (Å²) in [7, 11) is 0. The Labute approximate surface area is 98.2 Å². The molecule has 16 heavy (non-hydrogen) atoms. The highest BCUT2D eigenvalue weighted by Crippen LogP contribution is 2.22. The predicted octanol–water partition coefficient (Wildman–Crippen LogP) is 1.17. The monoisotopic (exact) mass is 231 g/mol. The molecule has 0 saturated carbocycles. The molecule has 1 unspecified atom stereocenters. The van der Waals surface area contributed by atoms with Gasteiger partial charge in [0, 0.05) is 19.7 Å². The summed E-state index contributed by atoms with van der Waals surface area (Å²) in [6.45, 7) is 7.79. The van der Waals surface area contributed by atoms with Crippen LogP contribution in [0.3, 0.4) is 0 Å². The largest absolute Gasteiger partial charge is 0.396 e. The second-order valence-corrected chi connectivity index (χ2v) is 5.55. The molecule has 1 rings (SSSR count). The lowest BCUT2D eigenvalue weighted by molar-refractivity contribution is -0.243. The lowest BCUT2D eigenvalue weighted by Crippen LogP contribution is -2.45. The van der Waals surface area contributed by atoms with E-state index in [0.29, 0.717) is 5.92 Å². The summed E-state index contributed by atoms with van der Waals surface area (Å²) in [5, 5.41) is 18.7. The van der Waals surface area contributed by atoms with Crippen molar-refractivity contribution in [2.24, 2.45) is 5.92 Å². The number of nitrogens with zero attached hydrogens (tertiary/aromatic N) is 1. The summed E-state index contributed by atoms with van der Waals surface area (Å²) in [6, 6.07) is 0. The Morgan fingerprint density at radius 2 is 1.88 bits per heavy atom. The first-order valence-electron chi connectivity index (χ1n) is 6.13. The van der Waals surface area contributed by atoms with Gasteiger partial charge in [-0.2, -0.15) is 0 Å². The quantitative estimate of drug-likeness (QED) is 0.713. The van der Waals surface area contributed by atoms with Crippen LogP contribution >= 0.6 is 0 Å². The van der Waals surface area contributed by atoms with E-state index in [0.717, 1.165) is 32.4 Å². The molecule has 1 saturated heterocycles. The maximum atomic E-state index is 9.88. The minimum Gasteiger partial charge on any atom is -0.396 e. The van der Waals surface area contributed by atoms with Gasteiger partial charge in [0.1, 0.15) is 0 Å². The third kappa shape index (κ3) is 4.78. The zero-order chi connectivity index (χ0) is 12.2. The SMILES string of the molecule is CC(C)(C)OC(O)N1CCC(CCO)CC1. The van der Waals surface area contributed by atoms with E-state index in [4.69, 9.17) is 9.84 Å². The molecule has 0 aliphatic carbocycles. The number of aliphatic hydroxyl groups is 2. The molecule has 0 radical (unpaired) electrons. The van der Waals surface area contributed by atoms with Crippen LogP contribution in [0, 0.1) is 5.92 Å². The number of rotatable bonds is 4. The average molecular weight is 231 g/mol. The summed E-state index contributed by atoms with van der Waals surface area (Å²) in [5.41, 5.74) is -0.318. The van der Waals surface area contributed by atoms with Gasteiger partial charge in [0.2, 0.25) is 6.41 Å². The van der Waals surface area contributed by atoms with Gasteiger partial charge in [-0.15, -0.1) is 0 Å². The van der Waals surface area contributed by atoms with Crippen LogP contribution in [0.2, 0.25) is 0 Å². The molecule has 0 aromatic carbocycles. The fourth-order valence-electron chi connectivity index (χ4n) is 2.04. The highest BCUT2D eigenvalue weighted by Gasteiger charge is 2.26. The summed E-state index contributed by atoms with van der Waals surface area (Å²) in [4.78, 5) is 1.96. The molecule has 4 nitrogen and oxygen atoms in total. The molecule has 0 spiro atoms. The molecule has 96 valence electrons. The maximum absolute atomic E-state index is 9.88. The van der Waals surface area contributed by atoms with E-state index in [-0.39, 0.29) is 12.2 Å². The van der Waals surface area contributed by atoms with E-state index in [1.165, 1.54) is 0 Å². The van der Waals surface area contributed by atoms with Gasteiger partial charge in [-0.05, 0) is 46.0 Å². The molecule has 0 aromatic heterocycles. The normalized spacial score (nSPS) is 22.3. The van der Waals surface area contributed by atoms with Gasteiger partial charge >= 0.3 is 0 Å². The first-order valence-corrected chi connectivity index (χ1v) is 6.13. The number of likely N-dealkylation sites (tertiary alicyclic amines) is 1. The number of ether oxygens (including phenoxy) is 1. The third-order valence-electron chi connectivity index (χ3n) is 2.96. The molecule has 1 atom stereocenters. The highest BCUT2D eigenvalue weighted by molar-refractivity contribution is 4.72. The lowest BCUT2D eigenvalue weighted by Gasteiger charge is -2.37. The van der Waals surface area contributed by atoms with Crippen LogP contribution in [0.5, 0.6) is 0 Å². The van der Waals surface area contributed by atoms with Crippen molar-refractivity contribution in [3.05, 3.63) is 0 Å². The van der Waals surface area contributed by atoms with E-state index in [2.05, 4.69) is 0 Å². The second kappa shape index (κ2) is 5.96. The third-order valence-corrected chi connectivity index (χ3v) is 2.96. The molecular weight excluding hydrogens is 206 g/mol. The van der Waals surface area contributed by atoms with Gasteiger partial charge in [0.15, 0.2) is 0 Å². The Bertz CT molecular complexity index is 195. The predicted molar refractivity (Wildman–Crippen MR) is 62.8 cm³/mol. The zero-order valence-electron chi connectivity index (χ0n) is 10.6. The average Bonchev–Trinajstić information content (AvgIpc) is 2.16. The second-order valence-electron chi connectivity index (χ2n) is 5.55. The van der Waals surface area contributed by atoms with Crippen LogP contribution in [0.4, 0.5) is 0 Å². The Balaban J connectivity index is 2.30. The van der Waals surface area contributed by atoms with Crippen molar-refractivity contribution < 1.29 is 14.9 Å². The van der Waals surface area contributed by atoms with Crippen molar-refractivity contribution in [1.29, 1.82) is 0 Å². The Morgan fingerprint density at radius 1 is 1.31 bits per heavy atom. The van der Waals surface area contributed by atoms with Crippen molar-refractivity contribution in [2.45, 2.75) is 52.0 Å². The molecule has 4 heteroatoms. The summed E-state index contributed by atoms with van der Waals surface area (Å²) in [6.07, 6.45) is 2.15. The number of hydrogen-bond acceptors (Lipinski definition) is 4. The van der Waals surface area contributed by atoms with Gasteiger partial charge in [-0.1, -0.05) is 0 Å². The van der Waals surface area contributed by atoms with Gasteiger partial charge in [0.05, 0.1) is 5.60 Å². The van der Waals surface area contributed by atoms with Crippen molar-refractivity contribution in [1.82, 2.24) is 4.90 Å². The first kappa shape index (κ1) is 13.9. The molecule has 1 heterocycles. The van der Waals surface area contributed by atoms with Crippen molar-refractivity contribution in [3.63, 3.8) is 0 Å².